The molecule has 2 amide bonds. The Morgan fingerprint density at radius 3 is 2.41 bits per heavy atom. The molecule has 0 aromatic heterocycles. The van der Waals surface area contributed by atoms with Crippen LogP contribution in [0.5, 0.6) is 0 Å². The number of nitriles is 1. The van der Waals surface area contributed by atoms with E-state index in [4.69, 9.17) is 11.0 Å². The second-order valence-electron chi connectivity index (χ2n) is 4.05. The average Bonchev–Trinajstić information content (AvgIpc) is 2.30. The van der Waals surface area contributed by atoms with Gasteiger partial charge in [-0.05, 0) is 12.8 Å². The molecule has 0 spiro atoms. The van der Waals surface area contributed by atoms with Gasteiger partial charge in [-0.15, -0.1) is 0 Å². The summed E-state index contributed by atoms with van der Waals surface area (Å²) < 4.78 is 0. The molecular formula is C12H21N3O2. The highest BCUT2D eigenvalue weighted by Gasteiger charge is 2.24. The number of carbonyl (C=O) groups is 2. The fourth-order valence-electron chi connectivity index (χ4n) is 1.56. The smallest absolute Gasteiger partial charge is 0.240 e. The zero-order valence-corrected chi connectivity index (χ0v) is 10.6. The summed E-state index contributed by atoms with van der Waals surface area (Å²) in [7, 11) is 0. The van der Waals surface area contributed by atoms with E-state index in [2.05, 4.69) is 0 Å². The number of hydrogen-bond acceptors (Lipinski definition) is 3. The topological polar surface area (TPSA) is 87.2 Å². The number of carbonyl (C=O) groups excluding carboxylic acids is 2. The van der Waals surface area contributed by atoms with Gasteiger partial charge >= 0.3 is 0 Å². The number of nitrogens with two attached hydrogens (primary N) is 1. The van der Waals surface area contributed by atoms with Gasteiger partial charge in [-0.3, -0.25) is 9.59 Å². The summed E-state index contributed by atoms with van der Waals surface area (Å²) in [5.41, 5.74) is 5.10. The van der Waals surface area contributed by atoms with Gasteiger partial charge in [0.25, 0.3) is 0 Å². The Hall–Kier alpha value is -1.57. The van der Waals surface area contributed by atoms with Crippen LogP contribution in [0.2, 0.25) is 0 Å². The molecule has 96 valence electrons. The van der Waals surface area contributed by atoms with Gasteiger partial charge in [0.05, 0.1) is 12.6 Å². The molecule has 0 radical (unpaired) electrons. The van der Waals surface area contributed by atoms with Crippen molar-refractivity contribution in [3.05, 3.63) is 0 Å². The standard InChI is InChI=1S/C12H21N3O2/c1-3-5-7-15(9-11(14)16)12(17)10(8-13)6-4-2/h10H,3-7,9H2,1-2H3,(H2,14,16). The second kappa shape index (κ2) is 8.57. The van der Waals surface area contributed by atoms with Gasteiger partial charge in [-0.1, -0.05) is 26.7 Å². The lowest BCUT2D eigenvalue weighted by Gasteiger charge is -2.23. The van der Waals surface area contributed by atoms with Gasteiger partial charge in [0.15, 0.2) is 0 Å². The molecule has 0 fully saturated rings. The Labute approximate surface area is 103 Å². The highest BCUT2D eigenvalue weighted by atomic mass is 16.2. The Morgan fingerprint density at radius 1 is 1.35 bits per heavy atom. The summed E-state index contributed by atoms with van der Waals surface area (Å²) >= 11 is 0. The first-order valence-electron chi connectivity index (χ1n) is 6.03. The molecule has 5 heteroatoms. The number of nitrogens with zero attached hydrogens (tertiary/aromatic N) is 2. The van der Waals surface area contributed by atoms with E-state index in [0.717, 1.165) is 19.3 Å². The van der Waals surface area contributed by atoms with Crippen molar-refractivity contribution >= 4 is 11.8 Å². The van der Waals surface area contributed by atoms with Crippen molar-refractivity contribution in [1.82, 2.24) is 4.90 Å². The highest BCUT2D eigenvalue weighted by molar-refractivity contribution is 5.86. The van der Waals surface area contributed by atoms with E-state index in [-0.39, 0.29) is 12.5 Å². The minimum Gasteiger partial charge on any atom is -0.368 e. The summed E-state index contributed by atoms with van der Waals surface area (Å²) in [5.74, 6) is -1.47. The highest BCUT2D eigenvalue weighted by Crippen LogP contribution is 2.10. The maximum atomic E-state index is 12.0. The molecule has 0 rings (SSSR count). The maximum Gasteiger partial charge on any atom is 0.240 e. The van der Waals surface area contributed by atoms with Gasteiger partial charge in [-0.2, -0.15) is 5.26 Å². The van der Waals surface area contributed by atoms with Gasteiger partial charge in [-0.25, -0.2) is 0 Å². The number of rotatable bonds is 8. The lowest BCUT2D eigenvalue weighted by molar-refractivity contribution is -0.137. The van der Waals surface area contributed by atoms with Gasteiger partial charge in [0, 0.05) is 6.54 Å². The molecule has 0 aromatic carbocycles. The minimum absolute atomic E-state index is 0.0965. The van der Waals surface area contributed by atoms with Gasteiger partial charge in [0.2, 0.25) is 11.8 Å². The molecule has 0 saturated carbocycles. The zero-order chi connectivity index (χ0) is 13.3. The van der Waals surface area contributed by atoms with Crippen LogP contribution < -0.4 is 5.73 Å². The molecule has 1 atom stereocenters. The summed E-state index contributed by atoms with van der Waals surface area (Å²) in [6.45, 7) is 4.31. The number of primary amides is 1. The molecule has 1 unspecified atom stereocenters. The van der Waals surface area contributed by atoms with Crippen LogP contribution in [0.3, 0.4) is 0 Å². The van der Waals surface area contributed by atoms with E-state index in [0.29, 0.717) is 13.0 Å². The van der Waals surface area contributed by atoms with Crippen molar-refractivity contribution in [2.24, 2.45) is 11.7 Å². The summed E-state index contributed by atoms with van der Waals surface area (Å²) in [5, 5.41) is 8.92. The van der Waals surface area contributed by atoms with E-state index in [1.807, 2.05) is 19.9 Å². The van der Waals surface area contributed by atoms with Crippen LogP contribution in [-0.2, 0) is 9.59 Å². The number of amides is 2. The van der Waals surface area contributed by atoms with E-state index < -0.39 is 11.8 Å². The Kier molecular flexibility index (Phi) is 7.78. The Bertz CT molecular complexity index is 297. The van der Waals surface area contributed by atoms with Crippen molar-refractivity contribution in [3.8, 4) is 6.07 Å². The van der Waals surface area contributed by atoms with Crippen molar-refractivity contribution < 1.29 is 9.59 Å². The number of hydrogen-bond donors (Lipinski definition) is 1. The molecule has 0 saturated heterocycles. The normalized spacial score (nSPS) is 11.6. The van der Waals surface area contributed by atoms with Crippen LogP contribution in [0.4, 0.5) is 0 Å². The van der Waals surface area contributed by atoms with E-state index in [1.165, 1.54) is 4.90 Å². The molecule has 0 heterocycles. The van der Waals surface area contributed by atoms with E-state index in [1.54, 1.807) is 0 Å². The monoisotopic (exact) mass is 239 g/mol. The third-order valence-corrected chi connectivity index (χ3v) is 2.47. The molecule has 17 heavy (non-hydrogen) atoms. The fraction of sp³-hybridized carbons (Fsp3) is 0.750. The predicted octanol–water partition coefficient (Wildman–Crippen LogP) is 1.04. The first-order valence-corrected chi connectivity index (χ1v) is 6.03. The largest absolute Gasteiger partial charge is 0.368 e. The van der Waals surface area contributed by atoms with E-state index in [9.17, 15) is 9.59 Å². The van der Waals surface area contributed by atoms with Crippen LogP contribution >= 0.6 is 0 Å². The molecule has 5 nitrogen and oxygen atoms in total. The maximum absolute atomic E-state index is 12.0. The first kappa shape index (κ1) is 15.4. The Balaban J connectivity index is 4.59. The lowest BCUT2D eigenvalue weighted by Crippen LogP contribution is -2.42. The SMILES string of the molecule is CCCCN(CC(N)=O)C(=O)C(C#N)CCC. The molecule has 0 aliphatic heterocycles. The molecule has 0 aliphatic carbocycles. The van der Waals surface area contributed by atoms with Gasteiger partial charge < -0.3 is 10.6 Å². The summed E-state index contributed by atoms with van der Waals surface area (Å²) in [6, 6.07) is 1.99. The number of unbranched alkanes of at least 4 members (excludes halogenated alkanes) is 1. The van der Waals surface area contributed by atoms with Crippen LogP contribution in [-0.4, -0.2) is 29.8 Å². The zero-order valence-electron chi connectivity index (χ0n) is 10.6. The van der Waals surface area contributed by atoms with E-state index >= 15 is 0 Å². The molecule has 0 aliphatic rings. The average molecular weight is 239 g/mol. The van der Waals surface area contributed by atoms with Crippen LogP contribution in [0.25, 0.3) is 0 Å². The van der Waals surface area contributed by atoms with Crippen LogP contribution in [0, 0.1) is 17.2 Å². The second-order valence-corrected chi connectivity index (χ2v) is 4.05. The molecule has 0 bridgehead atoms. The van der Waals surface area contributed by atoms with Crippen molar-refractivity contribution in [1.29, 1.82) is 5.26 Å². The first-order chi connectivity index (χ1) is 8.06. The Morgan fingerprint density at radius 2 is 2.00 bits per heavy atom. The summed E-state index contributed by atoms with van der Waals surface area (Å²) in [4.78, 5) is 24.3. The third kappa shape index (κ3) is 5.91. The third-order valence-electron chi connectivity index (χ3n) is 2.47. The van der Waals surface area contributed by atoms with Crippen LogP contribution in [0.1, 0.15) is 39.5 Å². The molecule has 2 N–H and O–H groups in total. The van der Waals surface area contributed by atoms with Crippen molar-refractivity contribution in [2.45, 2.75) is 39.5 Å². The van der Waals surface area contributed by atoms with Crippen molar-refractivity contribution in [3.63, 3.8) is 0 Å². The summed E-state index contributed by atoms with van der Waals surface area (Å²) in [6.07, 6.45) is 3.02. The predicted molar refractivity (Wildman–Crippen MR) is 64.7 cm³/mol. The molecule has 0 aromatic rings. The minimum atomic E-state index is -0.656. The molecular weight excluding hydrogens is 218 g/mol. The van der Waals surface area contributed by atoms with Gasteiger partial charge in [0.1, 0.15) is 5.92 Å². The lowest BCUT2D eigenvalue weighted by atomic mass is 10.0. The van der Waals surface area contributed by atoms with Crippen molar-refractivity contribution in [2.75, 3.05) is 13.1 Å². The van der Waals surface area contributed by atoms with Crippen LogP contribution in [0.15, 0.2) is 0 Å². The quantitative estimate of drug-likeness (QED) is 0.686. The fourth-order valence-corrected chi connectivity index (χ4v) is 1.56.